The molecule has 2 atom stereocenters. The molecule has 1 amide bonds. The Morgan fingerprint density at radius 3 is 2.56 bits per heavy atom. The zero-order chi connectivity index (χ0) is 23.9. The topological polar surface area (TPSA) is 77.4 Å². The van der Waals surface area contributed by atoms with Crippen molar-refractivity contribution in [2.45, 2.75) is 36.8 Å². The number of hydrogen-bond donors (Lipinski definition) is 1. The van der Waals surface area contributed by atoms with Gasteiger partial charge in [-0.1, -0.05) is 48.0 Å². The molecule has 0 saturated heterocycles. The van der Waals surface area contributed by atoms with Crippen LogP contribution in [0.2, 0.25) is 0 Å². The molecule has 1 saturated carbocycles. The molecule has 0 unspecified atom stereocenters. The minimum atomic E-state index is -3.88. The van der Waals surface area contributed by atoms with Crippen molar-refractivity contribution < 1.29 is 22.3 Å². The van der Waals surface area contributed by atoms with E-state index in [4.69, 9.17) is 4.74 Å². The molecular formula is C26H23FN2O4S. The summed E-state index contributed by atoms with van der Waals surface area (Å²) in [5.41, 5.74) is 2.91. The number of rotatable bonds is 6. The molecule has 1 N–H and O–H groups in total. The van der Waals surface area contributed by atoms with Crippen molar-refractivity contribution in [3.05, 3.63) is 102 Å². The van der Waals surface area contributed by atoms with E-state index in [0.29, 0.717) is 22.9 Å². The van der Waals surface area contributed by atoms with Gasteiger partial charge in [0.05, 0.1) is 10.4 Å². The van der Waals surface area contributed by atoms with Crippen LogP contribution in [0.25, 0.3) is 10.9 Å². The smallest absolute Gasteiger partial charge is 0.407 e. The largest absolute Gasteiger partial charge is 0.445 e. The highest BCUT2D eigenvalue weighted by Gasteiger charge is 2.42. The van der Waals surface area contributed by atoms with Crippen LogP contribution >= 0.6 is 0 Å². The van der Waals surface area contributed by atoms with E-state index in [9.17, 15) is 17.6 Å². The molecular weight excluding hydrogens is 455 g/mol. The minimum absolute atomic E-state index is 0.136. The predicted octanol–water partition coefficient (Wildman–Crippen LogP) is 5.11. The Bertz CT molecular complexity index is 1460. The molecule has 174 valence electrons. The van der Waals surface area contributed by atoms with Gasteiger partial charge in [0.15, 0.2) is 0 Å². The summed E-state index contributed by atoms with van der Waals surface area (Å²) in [7, 11) is -3.88. The van der Waals surface area contributed by atoms with Crippen LogP contribution in [0.1, 0.15) is 29.0 Å². The van der Waals surface area contributed by atoms with Gasteiger partial charge in [-0.25, -0.2) is 21.6 Å². The van der Waals surface area contributed by atoms with Crippen molar-refractivity contribution in [1.29, 1.82) is 0 Å². The number of aromatic nitrogens is 1. The Balaban J connectivity index is 1.39. The number of hydrogen-bond acceptors (Lipinski definition) is 4. The Morgan fingerprint density at radius 1 is 1.09 bits per heavy atom. The Hall–Kier alpha value is -3.65. The van der Waals surface area contributed by atoms with Gasteiger partial charge in [0.25, 0.3) is 10.0 Å². The van der Waals surface area contributed by atoms with Gasteiger partial charge in [-0.05, 0) is 54.8 Å². The molecule has 3 aromatic carbocycles. The molecule has 1 fully saturated rings. The van der Waals surface area contributed by atoms with Crippen molar-refractivity contribution in [3.63, 3.8) is 0 Å². The van der Waals surface area contributed by atoms with Crippen LogP contribution in [0.5, 0.6) is 0 Å². The lowest BCUT2D eigenvalue weighted by atomic mass is 10.1. The quantitative estimate of drug-likeness (QED) is 0.418. The van der Waals surface area contributed by atoms with E-state index in [1.807, 2.05) is 37.3 Å². The summed E-state index contributed by atoms with van der Waals surface area (Å²) in [5.74, 6) is -0.588. The molecule has 0 aliphatic heterocycles. The van der Waals surface area contributed by atoms with Gasteiger partial charge in [0, 0.05) is 23.5 Å². The first-order valence-corrected chi connectivity index (χ1v) is 12.4. The molecule has 0 radical (unpaired) electrons. The fraction of sp³-hybridized carbons (Fsp3) is 0.192. The number of ether oxygens (including phenoxy) is 1. The summed E-state index contributed by atoms with van der Waals surface area (Å²) in [5, 5.41) is 3.34. The second kappa shape index (κ2) is 8.61. The maximum absolute atomic E-state index is 14.1. The fourth-order valence-corrected chi connectivity index (χ4v) is 5.51. The van der Waals surface area contributed by atoms with Gasteiger partial charge in [-0.3, -0.25) is 0 Å². The summed E-state index contributed by atoms with van der Waals surface area (Å²) in [6, 6.07) is 19.8. The van der Waals surface area contributed by atoms with E-state index >= 15 is 0 Å². The van der Waals surface area contributed by atoms with Crippen molar-refractivity contribution in [2.24, 2.45) is 0 Å². The number of nitrogens with one attached hydrogen (secondary N) is 1. The summed E-state index contributed by atoms with van der Waals surface area (Å²) >= 11 is 0. The number of carbonyl (C=O) groups excluding carboxylic acids is 1. The van der Waals surface area contributed by atoms with Crippen LogP contribution in [0.3, 0.4) is 0 Å². The molecule has 0 spiro atoms. The molecule has 1 aliphatic rings. The van der Waals surface area contributed by atoms with Crippen molar-refractivity contribution in [3.8, 4) is 0 Å². The van der Waals surface area contributed by atoms with Crippen LogP contribution in [0, 0.1) is 12.7 Å². The number of aryl methyl sites for hydroxylation is 1. The monoisotopic (exact) mass is 478 g/mol. The number of carbonyl (C=O) groups is 1. The van der Waals surface area contributed by atoms with Gasteiger partial charge in [-0.15, -0.1) is 0 Å². The van der Waals surface area contributed by atoms with Crippen molar-refractivity contribution in [2.75, 3.05) is 0 Å². The minimum Gasteiger partial charge on any atom is -0.445 e. The highest BCUT2D eigenvalue weighted by atomic mass is 32.2. The number of benzene rings is 3. The van der Waals surface area contributed by atoms with E-state index in [2.05, 4.69) is 5.32 Å². The maximum Gasteiger partial charge on any atom is 0.407 e. The zero-order valence-electron chi connectivity index (χ0n) is 18.4. The summed E-state index contributed by atoms with van der Waals surface area (Å²) in [6.07, 6.45) is 1.61. The molecule has 8 heteroatoms. The molecule has 34 heavy (non-hydrogen) atoms. The first kappa shape index (κ1) is 22.2. The lowest BCUT2D eigenvalue weighted by Gasteiger charge is -2.08. The third kappa shape index (κ3) is 4.28. The third-order valence-corrected chi connectivity index (χ3v) is 7.73. The van der Waals surface area contributed by atoms with Crippen LogP contribution in [-0.4, -0.2) is 24.5 Å². The summed E-state index contributed by atoms with van der Waals surface area (Å²) in [6.45, 7) is 2.04. The SMILES string of the molecule is Cc1ccc(S(=O)(=O)n2cc([C@@H]3C[C@H]3NC(=O)OCc3ccccc3)c3cc(F)ccc32)cc1. The molecule has 4 aromatic rings. The van der Waals surface area contributed by atoms with Gasteiger partial charge < -0.3 is 10.1 Å². The average Bonchev–Trinajstić information content (AvgIpc) is 3.47. The van der Waals surface area contributed by atoms with Crippen LogP contribution in [-0.2, 0) is 21.4 Å². The molecule has 0 bridgehead atoms. The molecule has 6 nitrogen and oxygen atoms in total. The lowest BCUT2D eigenvalue weighted by Crippen LogP contribution is -2.27. The lowest BCUT2D eigenvalue weighted by molar-refractivity contribution is 0.139. The predicted molar refractivity (Wildman–Crippen MR) is 127 cm³/mol. The standard InChI is InChI=1S/C26H23FN2O4S/c1-17-7-10-20(11-8-17)34(31,32)29-15-23(22-13-19(27)9-12-25(22)29)21-14-24(21)28-26(30)33-16-18-5-3-2-4-6-18/h2-13,15,21,24H,14,16H2,1H3,(H,28,30)/t21-,24+/m0/s1. The second-order valence-electron chi connectivity index (χ2n) is 8.51. The first-order valence-electron chi connectivity index (χ1n) is 10.9. The summed E-state index contributed by atoms with van der Waals surface area (Å²) < 4.78 is 47.3. The highest BCUT2D eigenvalue weighted by Crippen LogP contribution is 2.45. The molecule has 1 aromatic heterocycles. The Kier molecular flexibility index (Phi) is 5.61. The maximum atomic E-state index is 14.1. The van der Waals surface area contributed by atoms with E-state index < -0.39 is 21.9 Å². The van der Waals surface area contributed by atoms with Crippen LogP contribution < -0.4 is 5.32 Å². The summed E-state index contributed by atoms with van der Waals surface area (Å²) in [4.78, 5) is 12.4. The van der Waals surface area contributed by atoms with Gasteiger partial charge in [0.2, 0.25) is 0 Å². The second-order valence-corrected chi connectivity index (χ2v) is 10.3. The van der Waals surface area contributed by atoms with Crippen molar-refractivity contribution in [1.82, 2.24) is 9.29 Å². The zero-order valence-corrected chi connectivity index (χ0v) is 19.3. The first-order chi connectivity index (χ1) is 16.3. The molecule has 5 rings (SSSR count). The Morgan fingerprint density at radius 2 is 1.82 bits per heavy atom. The number of halogens is 1. The number of nitrogens with zero attached hydrogens (tertiary/aromatic N) is 1. The van der Waals surface area contributed by atoms with E-state index in [-0.39, 0.29) is 23.5 Å². The third-order valence-electron chi connectivity index (χ3n) is 6.05. The van der Waals surface area contributed by atoms with E-state index in [1.165, 1.54) is 22.2 Å². The van der Waals surface area contributed by atoms with E-state index in [0.717, 1.165) is 11.1 Å². The van der Waals surface area contributed by atoms with Crippen LogP contribution in [0.4, 0.5) is 9.18 Å². The highest BCUT2D eigenvalue weighted by molar-refractivity contribution is 7.90. The number of amides is 1. The van der Waals surface area contributed by atoms with Crippen molar-refractivity contribution >= 4 is 27.0 Å². The number of alkyl carbamates (subject to hydrolysis) is 1. The van der Waals surface area contributed by atoms with Crippen LogP contribution in [0.15, 0.2) is 83.9 Å². The fourth-order valence-electron chi connectivity index (χ4n) is 4.13. The van der Waals surface area contributed by atoms with E-state index in [1.54, 1.807) is 30.5 Å². The molecule has 1 aliphatic carbocycles. The molecule has 1 heterocycles. The average molecular weight is 479 g/mol. The van der Waals surface area contributed by atoms with Gasteiger partial charge in [0.1, 0.15) is 12.4 Å². The number of fused-ring (bicyclic) bond motifs is 1. The van der Waals surface area contributed by atoms with Gasteiger partial charge >= 0.3 is 6.09 Å². The Labute approximate surface area is 197 Å². The van der Waals surface area contributed by atoms with Gasteiger partial charge in [-0.2, -0.15) is 0 Å². The normalized spacial score (nSPS) is 17.5.